The molecule has 3 rings (SSSR count). The zero-order valence-corrected chi connectivity index (χ0v) is 57.8. The summed E-state index contributed by atoms with van der Waals surface area (Å²) in [6.07, 6.45) is 22.1. The fraction of sp³-hybridized carbons (Fsp3) is 0.930. The molecule has 0 aromatic carbocycles. The normalized spacial score (nSPS) is 27.9. The molecule has 3 heterocycles. The molecule has 2 amide bonds. The summed E-state index contributed by atoms with van der Waals surface area (Å²) >= 11 is 0. The molecule has 94 heavy (non-hydrogen) atoms. The van der Waals surface area contributed by atoms with Gasteiger partial charge in [0, 0.05) is 19.8 Å². The standard InChI is InChI=1S/C71H132N2O21/c1-4-6-8-10-12-14-16-18-20-22-23-24-25-26-27-28-29-31-33-35-37-39-41-43-45-58(81)73-52(53(78)44-42-40-38-36-34-32-30-21-19-17-15-13-11-9-7-5-2)50-89-68-63(85)62(84)65(57(49-76)91-68)92-69-64(86)67(61(83)56(48-75)90-69)94-71(70(87)88)46-54(79)59(72-51(3)77)66(93-71)60(82)55(80)47-74/h26-27,52-57,59-69,74-76,78-80,82-86H,4-25,28-50H2,1-3H3,(H,72,77)(H,73,81)(H,87,88)/b27-26-. The molecule has 0 aliphatic carbocycles. The zero-order chi connectivity index (χ0) is 68.9. The fourth-order valence-corrected chi connectivity index (χ4v) is 13.1. The number of hydrogen-bond acceptors (Lipinski definition) is 20. The monoisotopic (exact) mass is 1350 g/mol. The van der Waals surface area contributed by atoms with E-state index in [9.17, 15) is 75.7 Å². The van der Waals surface area contributed by atoms with Gasteiger partial charge in [-0.1, -0.05) is 238 Å². The Bertz CT molecular complexity index is 1940. The zero-order valence-electron chi connectivity index (χ0n) is 57.8. The molecule has 23 heteroatoms. The van der Waals surface area contributed by atoms with Crippen molar-refractivity contribution in [2.45, 2.75) is 394 Å². The van der Waals surface area contributed by atoms with E-state index in [1.165, 1.54) is 173 Å². The highest BCUT2D eigenvalue weighted by Crippen LogP contribution is 2.39. The van der Waals surface area contributed by atoms with Crippen LogP contribution in [0.5, 0.6) is 0 Å². The van der Waals surface area contributed by atoms with Gasteiger partial charge in [0.1, 0.15) is 67.1 Å². The van der Waals surface area contributed by atoms with Gasteiger partial charge in [-0.05, 0) is 38.5 Å². The number of aliphatic hydroxyl groups is 11. The molecule has 3 aliphatic rings. The highest BCUT2D eigenvalue weighted by Gasteiger charge is 2.60. The summed E-state index contributed by atoms with van der Waals surface area (Å²) in [6, 6.07) is -2.53. The van der Waals surface area contributed by atoms with Crippen molar-refractivity contribution in [2.75, 3.05) is 26.4 Å². The molecule has 18 unspecified atom stereocenters. The average molecular weight is 1350 g/mol. The molecule has 0 spiro atoms. The van der Waals surface area contributed by atoms with Gasteiger partial charge in [0.2, 0.25) is 11.8 Å². The Labute approximate surface area is 562 Å². The first-order chi connectivity index (χ1) is 45.4. The fourth-order valence-electron chi connectivity index (χ4n) is 13.1. The predicted molar refractivity (Wildman–Crippen MR) is 357 cm³/mol. The van der Waals surface area contributed by atoms with E-state index in [0.717, 1.165) is 64.7 Å². The van der Waals surface area contributed by atoms with Crippen molar-refractivity contribution < 1.29 is 104 Å². The number of rotatable bonds is 57. The van der Waals surface area contributed by atoms with Crippen molar-refractivity contribution in [3.8, 4) is 0 Å². The third-order valence-electron chi connectivity index (χ3n) is 19.0. The first-order valence-corrected chi connectivity index (χ1v) is 37.0. The topological polar surface area (TPSA) is 373 Å². The third-order valence-corrected chi connectivity index (χ3v) is 19.0. The van der Waals surface area contributed by atoms with Gasteiger partial charge in [-0.25, -0.2) is 4.79 Å². The van der Waals surface area contributed by atoms with Gasteiger partial charge >= 0.3 is 5.97 Å². The quantitative estimate of drug-likeness (QED) is 0.0203. The molecular weight excluding hydrogens is 1220 g/mol. The van der Waals surface area contributed by atoms with E-state index in [4.69, 9.17) is 28.4 Å². The van der Waals surface area contributed by atoms with Gasteiger partial charge in [-0.15, -0.1) is 0 Å². The summed E-state index contributed by atoms with van der Waals surface area (Å²) in [6.45, 7) is 2.23. The second kappa shape index (κ2) is 51.6. The maximum Gasteiger partial charge on any atom is 0.364 e. The van der Waals surface area contributed by atoms with Crippen LogP contribution in [0.2, 0.25) is 0 Å². The second-order valence-electron chi connectivity index (χ2n) is 27.2. The van der Waals surface area contributed by atoms with Crippen LogP contribution in [-0.4, -0.2) is 215 Å². The number of carbonyl (C=O) groups is 3. The lowest BCUT2D eigenvalue weighted by atomic mass is 9.88. The number of carboxylic acid groups (broad SMARTS) is 1. The number of carboxylic acids is 1. The summed E-state index contributed by atoms with van der Waals surface area (Å²) in [7, 11) is 0. The van der Waals surface area contributed by atoms with Gasteiger partial charge in [0.05, 0.1) is 50.7 Å². The molecule has 3 fully saturated rings. The Morgan fingerprint density at radius 2 is 0.989 bits per heavy atom. The lowest BCUT2D eigenvalue weighted by molar-refractivity contribution is -0.386. The van der Waals surface area contributed by atoms with Crippen LogP contribution >= 0.6 is 0 Å². The predicted octanol–water partition coefficient (Wildman–Crippen LogP) is 7.85. The molecule has 0 radical (unpaired) electrons. The Morgan fingerprint density at radius 1 is 0.543 bits per heavy atom. The van der Waals surface area contributed by atoms with Gasteiger partial charge in [-0.3, -0.25) is 9.59 Å². The van der Waals surface area contributed by atoms with Gasteiger partial charge in [-0.2, -0.15) is 0 Å². The van der Waals surface area contributed by atoms with Gasteiger partial charge in [0.25, 0.3) is 5.79 Å². The molecule has 0 bridgehead atoms. The van der Waals surface area contributed by atoms with Crippen LogP contribution in [0.3, 0.4) is 0 Å². The molecule has 14 N–H and O–H groups in total. The summed E-state index contributed by atoms with van der Waals surface area (Å²) in [5.74, 6) is -6.10. The minimum absolute atomic E-state index is 0.222. The number of amides is 2. The minimum Gasteiger partial charge on any atom is -0.477 e. The van der Waals surface area contributed by atoms with E-state index in [1.807, 2.05) is 0 Å². The molecule has 552 valence electrons. The number of aliphatic carboxylic acids is 1. The molecule has 3 saturated heterocycles. The Hall–Kier alpha value is -2.53. The lowest BCUT2D eigenvalue weighted by Gasteiger charge is -2.50. The molecule has 0 saturated carbocycles. The molecule has 0 aromatic rings. The Balaban J connectivity index is 1.55. The minimum atomic E-state index is -3.08. The van der Waals surface area contributed by atoms with Crippen LogP contribution in [-0.2, 0) is 42.8 Å². The molecule has 23 nitrogen and oxygen atoms in total. The smallest absolute Gasteiger partial charge is 0.364 e. The molecule has 18 atom stereocenters. The van der Waals surface area contributed by atoms with Gasteiger partial charge in [0.15, 0.2) is 12.6 Å². The number of allylic oxidation sites excluding steroid dienone is 2. The SMILES string of the molecule is CCCCCCCCCCCCCC/C=C\CCCCCCCCCCC(=O)NC(COC1OC(CO)C(OC2OC(CO)C(O)C(OC3(C(=O)O)CC(O)C(NC(C)=O)C(C(O)C(O)CO)O3)C2O)C(O)C1O)C(O)CCCCCCCCCCCCCCCCCC. The van der Waals surface area contributed by atoms with Crippen molar-refractivity contribution in [2.24, 2.45) is 0 Å². The van der Waals surface area contributed by atoms with Crippen LogP contribution in [0.4, 0.5) is 0 Å². The van der Waals surface area contributed by atoms with Crippen LogP contribution < -0.4 is 10.6 Å². The van der Waals surface area contributed by atoms with E-state index in [-0.39, 0.29) is 18.9 Å². The number of aliphatic hydroxyl groups excluding tert-OH is 11. The first kappa shape index (κ1) is 85.7. The number of carbonyl (C=O) groups excluding carboxylic acids is 2. The van der Waals surface area contributed by atoms with Crippen LogP contribution in [0, 0.1) is 0 Å². The van der Waals surface area contributed by atoms with Crippen molar-refractivity contribution in [3.05, 3.63) is 12.2 Å². The van der Waals surface area contributed by atoms with Crippen LogP contribution in [0.25, 0.3) is 0 Å². The van der Waals surface area contributed by atoms with Crippen LogP contribution in [0.15, 0.2) is 12.2 Å². The summed E-state index contributed by atoms with van der Waals surface area (Å²) in [5.41, 5.74) is 0. The summed E-state index contributed by atoms with van der Waals surface area (Å²) in [5, 5.41) is 136. The van der Waals surface area contributed by atoms with Crippen LogP contribution in [0.1, 0.15) is 284 Å². The first-order valence-electron chi connectivity index (χ1n) is 37.0. The number of hydrogen-bond donors (Lipinski definition) is 14. The van der Waals surface area contributed by atoms with Crippen molar-refractivity contribution in [3.63, 3.8) is 0 Å². The lowest BCUT2D eigenvalue weighted by Crippen LogP contribution is -2.70. The summed E-state index contributed by atoms with van der Waals surface area (Å²) in [4.78, 5) is 38.6. The van der Waals surface area contributed by atoms with E-state index < -0.39 is 148 Å². The second-order valence-corrected chi connectivity index (χ2v) is 27.2. The molecular formula is C71H132N2O21. The molecule has 0 aromatic heterocycles. The summed E-state index contributed by atoms with van der Waals surface area (Å²) < 4.78 is 34.9. The van der Waals surface area contributed by atoms with E-state index >= 15 is 0 Å². The number of nitrogens with one attached hydrogen (secondary N) is 2. The maximum atomic E-state index is 13.5. The third kappa shape index (κ3) is 33.1. The Morgan fingerprint density at radius 3 is 1.44 bits per heavy atom. The maximum absolute atomic E-state index is 13.5. The van der Waals surface area contributed by atoms with Crippen molar-refractivity contribution in [1.29, 1.82) is 0 Å². The van der Waals surface area contributed by atoms with E-state index in [0.29, 0.717) is 19.3 Å². The highest BCUT2D eigenvalue weighted by atomic mass is 16.8. The highest BCUT2D eigenvalue weighted by molar-refractivity contribution is 5.77. The van der Waals surface area contributed by atoms with Gasteiger partial charge < -0.3 is 100 Å². The Kier molecular flexibility index (Phi) is 47.0. The average Bonchev–Trinajstić information content (AvgIpc) is 0.760. The van der Waals surface area contributed by atoms with E-state index in [2.05, 4.69) is 36.6 Å². The largest absolute Gasteiger partial charge is 0.477 e. The van der Waals surface area contributed by atoms with Crippen molar-refractivity contribution >= 4 is 17.8 Å². The van der Waals surface area contributed by atoms with Crippen molar-refractivity contribution in [1.82, 2.24) is 10.6 Å². The number of unbranched alkanes of at least 4 members (excludes halogenated alkanes) is 35. The van der Waals surface area contributed by atoms with E-state index in [1.54, 1.807) is 0 Å². The number of ether oxygens (including phenoxy) is 6. The molecule has 3 aliphatic heterocycles.